The van der Waals surface area contributed by atoms with Crippen molar-refractivity contribution in [3.8, 4) is 5.75 Å². The van der Waals surface area contributed by atoms with E-state index in [9.17, 15) is 4.79 Å². The minimum atomic E-state index is -0.00262. The third kappa shape index (κ3) is 3.34. The van der Waals surface area contributed by atoms with Crippen molar-refractivity contribution in [1.29, 1.82) is 0 Å². The van der Waals surface area contributed by atoms with Crippen molar-refractivity contribution in [2.45, 2.75) is 13.0 Å². The summed E-state index contributed by atoms with van der Waals surface area (Å²) in [7, 11) is 3.57. The first kappa shape index (κ1) is 15.1. The van der Waals surface area contributed by atoms with Crippen LogP contribution in [-0.2, 0) is 24.8 Å². The fraction of sp³-hybridized carbons (Fsp3) is 0.222. The van der Waals surface area contributed by atoms with Crippen LogP contribution < -0.4 is 10.1 Å². The van der Waals surface area contributed by atoms with Gasteiger partial charge in [-0.15, -0.1) is 0 Å². The third-order valence-corrected chi connectivity index (χ3v) is 3.82. The topological polar surface area (TPSA) is 56.1 Å². The molecule has 5 heteroatoms. The fourth-order valence-electron chi connectivity index (χ4n) is 2.61. The number of pyridine rings is 1. The van der Waals surface area contributed by atoms with Crippen LogP contribution in [0.15, 0.2) is 48.8 Å². The Morgan fingerprint density at radius 3 is 2.78 bits per heavy atom. The number of benzene rings is 1. The molecule has 0 aliphatic heterocycles. The molecule has 1 N–H and O–H groups in total. The lowest BCUT2D eigenvalue weighted by molar-refractivity contribution is -0.120. The Labute approximate surface area is 134 Å². The van der Waals surface area contributed by atoms with Gasteiger partial charge in [-0.25, -0.2) is 4.98 Å². The minimum absolute atomic E-state index is 0.00262. The van der Waals surface area contributed by atoms with E-state index in [-0.39, 0.29) is 5.91 Å². The van der Waals surface area contributed by atoms with E-state index in [1.165, 1.54) is 0 Å². The van der Waals surface area contributed by atoms with Gasteiger partial charge >= 0.3 is 0 Å². The van der Waals surface area contributed by atoms with Crippen molar-refractivity contribution in [3.05, 3.63) is 59.9 Å². The van der Waals surface area contributed by atoms with Crippen LogP contribution in [0.25, 0.3) is 11.0 Å². The fourth-order valence-corrected chi connectivity index (χ4v) is 2.61. The second-order valence-electron chi connectivity index (χ2n) is 5.44. The summed E-state index contributed by atoms with van der Waals surface area (Å²) in [4.78, 5) is 16.5. The number of hydrogen-bond acceptors (Lipinski definition) is 3. The average Bonchev–Trinajstić information content (AvgIpc) is 2.90. The number of aromatic nitrogens is 2. The molecule has 0 spiro atoms. The second-order valence-corrected chi connectivity index (χ2v) is 5.44. The molecule has 23 heavy (non-hydrogen) atoms. The molecule has 1 amide bonds. The smallest absolute Gasteiger partial charge is 0.224 e. The lowest BCUT2D eigenvalue weighted by Crippen LogP contribution is -2.24. The lowest BCUT2D eigenvalue weighted by atomic mass is 10.1. The highest BCUT2D eigenvalue weighted by molar-refractivity contribution is 5.87. The molecule has 0 fully saturated rings. The van der Waals surface area contributed by atoms with Crippen molar-refractivity contribution in [3.63, 3.8) is 0 Å². The lowest BCUT2D eigenvalue weighted by Gasteiger charge is -2.06. The predicted octanol–water partition coefficient (Wildman–Crippen LogP) is 2.44. The van der Waals surface area contributed by atoms with Crippen molar-refractivity contribution in [2.24, 2.45) is 7.05 Å². The van der Waals surface area contributed by atoms with Gasteiger partial charge in [-0.2, -0.15) is 0 Å². The number of fused-ring (bicyclic) bond motifs is 1. The van der Waals surface area contributed by atoms with E-state index in [4.69, 9.17) is 4.74 Å². The minimum Gasteiger partial charge on any atom is -0.497 e. The molecular formula is C18H19N3O2. The summed E-state index contributed by atoms with van der Waals surface area (Å²) >= 11 is 0. The Balaban J connectivity index is 1.64. The Bertz CT molecular complexity index is 822. The van der Waals surface area contributed by atoms with Gasteiger partial charge in [-0.05, 0) is 35.4 Å². The van der Waals surface area contributed by atoms with E-state index in [1.54, 1.807) is 13.3 Å². The highest BCUT2D eigenvalue weighted by atomic mass is 16.5. The van der Waals surface area contributed by atoms with Gasteiger partial charge in [0.15, 0.2) is 0 Å². The number of rotatable bonds is 5. The van der Waals surface area contributed by atoms with Gasteiger partial charge in [0.2, 0.25) is 5.91 Å². The van der Waals surface area contributed by atoms with Crippen LogP contribution in [0.3, 0.4) is 0 Å². The molecule has 0 radical (unpaired) electrons. The van der Waals surface area contributed by atoms with Crippen molar-refractivity contribution in [1.82, 2.24) is 14.9 Å². The summed E-state index contributed by atoms with van der Waals surface area (Å²) in [6.45, 7) is 0.506. The number of amides is 1. The first-order valence-corrected chi connectivity index (χ1v) is 7.46. The summed E-state index contributed by atoms with van der Waals surface area (Å²) in [6.07, 6.45) is 4.07. The Hall–Kier alpha value is -2.82. The molecule has 3 rings (SSSR count). The van der Waals surface area contributed by atoms with E-state index in [2.05, 4.69) is 10.3 Å². The summed E-state index contributed by atoms with van der Waals surface area (Å²) in [5.41, 5.74) is 2.92. The number of hydrogen-bond donors (Lipinski definition) is 1. The molecule has 2 heterocycles. The van der Waals surface area contributed by atoms with Gasteiger partial charge in [0.25, 0.3) is 0 Å². The van der Waals surface area contributed by atoms with Crippen LogP contribution in [0.2, 0.25) is 0 Å². The number of aryl methyl sites for hydroxylation is 1. The van der Waals surface area contributed by atoms with E-state index >= 15 is 0 Å². The molecule has 0 saturated carbocycles. The zero-order chi connectivity index (χ0) is 16.2. The zero-order valence-corrected chi connectivity index (χ0v) is 13.2. The molecular weight excluding hydrogens is 290 g/mol. The summed E-state index contributed by atoms with van der Waals surface area (Å²) in [5, 5.41) is 3.97. The van der Waals surface area contributed by atoms with Crippen molar-refractivity contribution < 1.29 is 9.53 Å². The molecule has 2 aromatic heterocycles. The van der Waals surface area contributed by atoms with Crippen LogP contribution in [0.1, 0.15) is 11.1 Å². The number of carbonyl (C=O) groups is 1. The maximum atomic E-state index is 12.2. The molecule has 0 saturated heterocycles. The number of carbonyl (C=O) groups excluding carboxylic acids is 1. The molecule has 0 bridgehead atoms. The number of ether oxygens (including phenoxy) is 1. The first-order valence-electron chi connectivity index (χ1n) is 7.46. The van der Waals surface area contributed by atoms with Crippen molar-refractivity contribution in [2.75, 3.05) is 7.11 Å². The predicted molar refractivity (Wildman–Crippen MR) is 89.3 cm³/mol. The molecule has 0 unspecified atom stereocenters. The van der Waals surface area contributed by atoms with Gasteiger partial charge in [-0.1, -0.05) is 12.1 Å². The third-order valence-electron chi connectivity index (χ3n) is 3.82. The molecule has 118 valence electrons. The quantitative estimate of drug-likeness (QED) is 0.787. The Morgan fingerprint density at radius 2 is 2.04 bits per heavy atom. The molecule has 0 aliphatic carbocycles. The largest absolute Gasteiger partial charge is 0.497 e. The van der Waals surface area contributed by atoms with Gasteiger partial charge in [0.1, 0.15) is 11.4 Å². The maximum absolute atomic E-state index is 12.2. The average molecular weight is 309 g/mol. The van der Waals surface area contributed by atoms with Crippen molar-refractivity contribution >= 4 is 16.9 Å². The normalized spacial score (nSPS) is 10.7. The molecule has 3 aromatic rings. The molecule has 1 aromatic carbocycles. The Kier molecular flexibility index (Phi) is 4.28. The van der Waals surface area contributed by atoms with Crippen LogP contribution in [0.5, 0.6) is 5.75 Å². The van der Waals surface area contributed by atoms with Crippen LogP contribution in [-0.4, -0.2) is 22.6 Å². The number of nitrogens with one attached hydrogen (secondary N) is 1. The van der Waals surface area contributed by atoms with E-state index in [0.29, 0.717) is 13.0 Å². The first-order chi connectivity index (χ1) is 11.2. The zero-order valence-electron chi connectivity index (χ0n) is 13.2. The van der Waals surface area contributed by atoms with Crippen LogP contribution in [0, 0.1) is 0 Å². The second kappa shape index (κ2) is 6.52. The summed E-state index contributed by atoms with van der Waals surface area (Å²) in [6, 6.07) is 11.5. The molecule has 0 aliphatic rings. The summed E-state index contributed by atoms with van der Waals surface area (Å²) in [5.74, 6) is 0.806. The number of nitrogens with zero attached hydrogens (tertiary/aromatic N) is 2. The van der Waals surface area contributed by atoms with Gasteiger partial charge in [-0.3, -0.25) is 4.79 Å². The summed E-state index contributed by atoms with van der Waals surface area (Å²) < 4.78 is 7.07. The van der Waals surface area contributed by atoms with Gasteiger partial charge in [0.05, 0.1) is 13.5 Å². The van der Waals surface area contributed by atoms with Gasteiger partial charge in [0, 0.05) is 31.4 Å². The molecule has 0 atom stereocenters. The maximum Gasteiger partial charge on any atom is 0.224 e. The van der Waals surface area contributed by atoms with E-state index < -0.39 is 0 Å². The SMILES string of the molecule is COc1ccc(CNC(=O)Cc2cn(C)c3ncccc23)cc1. The molecule has 5 nitrogen and oxygen atoms in total. The Morgan fingerprint density at radius 1 is 1.26 bits per heavy atom. The number of methoxy groups -OCH3 is 1. The van der Waals surface area contributed by atoms with E-state index in [0.717, 1.165) is 27.9 Å². The van der Waals surface area contributed by atoms with Crippen LogP contribution >= 0.6 is 0 Å². The van der Waals surface area contributed by atoms with Crippen LogP contribution in [0.4, 0.5) is 0 Å². The standard InChI is InChI=1S/C18H19N3O2/c1-21-12-14(16-4-3-9-19-18(16)21)10-17(22)20-11-13-5-7-15(23-2)8-6-13/h3-9,12H,10-11H2,1-2H3,(H,20,22). The van der Waals surface area contributed by atoms with Gasteiger partial charge < -0.3 is 14.6 Å². The monoisotopic (exact) mass is 309 g/mol. The highest BCUT2D eigenvalue weighted by Gasteiger charge is 2.11. The highest BCUT2D eigenvalue weighted by Crippen LogP contribution is 2.18. The van der Waals surface area contributed by atoms with E-state index in [1.807, 2.05) is 54.2 Å².